The minimum Gasteiger partial charge on any atom is -0.373 e. The minimum absolute atomic E-state index is 0.187. The highest BCUT2D eigenvalue weighted by Gasteiger charge is 2.18. The van der Waals surface area contributed by atoms with Crippen molar-refractivity contribution in [3.63, 3.8) is 0 Å². The maximum Gasteiger partial charge on any atom is 0.0936 e. The Kier molecular flexibility index (Phi) is 4.79. The van der Waals surface area contributed by atoms with E-state index in [0.717, 1.165) is 16.9 Å². The summed E-state index contributed by atoms with van der Waals surface area (Å²) in [5.41, 5.74) is 0. The van der Waals surface area contributed by atoms with Crippen molar-refractivity contribution in [2.75, 3.05) is 19.7 Å². The fraction of sp³-hybridized carbons (Fsp3) is 0.636. The molecule has 1 aromatic heterocycles. The average Bonchev–Trinajstić information content (AvgIpc) is 2.64. The molecule has 0 spiro atoms. The first kappa shape index (κ1) is 12.5. The number of hydrogen-bond acceptors (Lipinski definition) is 4. The summed E-state index contributed by atoms with van der Waals surface area (Å²) in [5, 5.41) is 3.33. The molecule has 5 heteroatoms. The molecule has 0 radical (unpaired) electrons. The second-order valence-corrected chi connectivity index (χ2v) is 6.50. The molecule has 1 fully saturated rings. The topological polar surface area (TPSA) is 30.5 Å². The first-order valence-electron chi connectivity index (χ1n) is 5.42. The molecule has 2 rings (SSSR count). The molecule has 0 amide bonds. The number of halogens is 1. The molecule has 1 aliphatic heterocycles. The van der Waals surface area contributed by atoms with Gasteiger partial charge in [-0.15, -0.1) is 11.3 Å². The van der Waals surface area contributed by atoms with E-state index in [-0.39, 0.29) is 6.10 Å². The molecule has 1 aromatic rings. The van der Waals surface area contributed by atoms with Crippen LogP contribution in [-0.2, 0) is 16.1 Å². The van der Waals surface area contributed by atoms with Crippen LogP contribution in [0.15, 0.2) is 15.9 Å². The van der Waals surface area contributed by atoms with Gasteiger partial charge in [0.1, 0.15) is 0 Å². The lowest BCUT2D eigenvalue weighted by molar-refractivity contribution is -0.0713. The van der Waals surface area contributed by atoms with Crippen molar-refractivity contribution in [2.45, 2.75) is 25.7 Å². The molecule has 1 N–H and O–H groups in total. The number of thiophene rings is 1. The lowest BCUT2D eigenvalue weighted by Crippen LogP contribution is -2.45. The molecule has 2 heterocycles. The summed E-state index contributed by atoms with van der Waals surface area (Å²) in [4.78, 5) is 1.24. The largest absolute Gasteiger partial charge is 0.373 e. The summed E-state index contributed by atoms with van der Waals surface area (Å²) in [5.74, 6) is 0. The van der Waals surface area contributed by atoms with Crippen molar-refractivity contribution in [1.82, 2.24) is 5.32 Å². The average molecular weight is 306 g/mol. The molecule has 1 aliphatic rings. The molecule has 1 saturated heterocycles. The van der Waals surface area contributed by atoms with Crippen molar-refractivity contribution in [3.05, 3.63) is 20.8 Å². The van der Waals surface area contributed by atoms with E-state index in [9.17, 15) is 0 Å². The van der Waals surface area contributed by atoms with Gasteiger partial charge in [0, 0.05) is 18.0 Å². The monoisotopic (exact) mass is 305 g/mol. The molecule has 2 unspecified atom stereocenters. The summed E-state index contributed by atoms with van der Waals surface area (Å²) < 4.78 is 12.5. The van der Waals surface area contributed by atoms with Gasteiger partial charge in [0.15, 0.2) is 0 Å². The Hall–Kier alpha value is 0.0600. The van der Waals surface area contributed by atoms with Crippen molar-refractivity contribution in [3.8, 4) is 0 Å². The smallest absolute Gasteiger partial charge is 0.0936 e. The Morgan fingerprint density at radius 3 is 3.12 bits per heavy atom. The van der Waals surface area contributed by atoms with Gasteiger partial charge >= 0.3 is 0 Å². The summed E-state index contributed by atoms with van der Waals surface area (Å²) in [6.45, 7) is 5.24. The Morgan fingerprint density at radius 1 is 1.56 bits per heavy atom. The number of morpholine rings is 1. The third kappa shape index (κ3) is 3.82. The van der Waals surface area contributed by atoms with Crippen molar-refractivity contribution < 1.29 is 9.47 Å². The van der Waals surface area contributed by atoms with E-state index in [1.165, 1.54) is 4.88 Å². The van der Waals surface area contributed by atoms with E-state index < -0.39 is 0 Å². The zero-order valence-corrected chi connectivity index (χ0v) is 11.6. The standard InChI is InChI=1S/C11H16BrNO2S/c1-8-4-13-5-9(15-8)6-14-7-10-2-3-11(12)16-10/h2-3,8-9,13H,4-7H2,1H3. The zero-order chi connectivity index (χ0) is 11.4. The van der Waals surface area contributed by atoms with Gasteiger partial charge in [-0.3, -0.25) is 0 Å². The highest BCUT2D eigenvalue weighted by Crippen LogP contribution is 2.22. The van der Waals surface area contributed by atoms with E-state index >= 15 is 0 Å². The molecule has 2 atom stereocenters. The third-order valence-electron chi connectivity index (χ3n) is 2.41. The highest BCUT2D eigenvalue weighted by atomic mass is 79.9. The Balaban J connectivity index is 1.67. The van der Waals surface area contributed by atoms with Crippen LogP contribution in [0.3, 0.4) is 0 Å². The number of hydrogen-bond donors (Lipinski definition) is 1. The number of rotatable bonds is 4. The van der Waals surface area contributed by atoms with Crippen LogP contribution in [0.4, 0.5) is 0 Å². The van der Waals surface area contributed by atoms with Crippen molar-refractivity contribution >= 4 is 27.3 Å². The molecule has 0 aliphatic carbocycles. The van der Waals surface area contributed by atoms with Crippen LogP contribution >= 0.6 is 27.3 Å². The van der Waals surface area contributed by atoms with Crippen LogP contribution < -0.4 is 5.32 Å². The minimum atomic E-state index is 0.187. The lowest BCUT2D eigenvalue weighted by Gasteiger charge is -2.28. The van der Waals surface area contributed by atoms with Gasteiger partial charge in [-0.25, -0.2) is 0 Å². The fourth-order valence-electron chi connectivity index (χ4n) is 1.69. The van der Waals surface area contributed by atoms with Crippen molar-refractivity contribution in [1.29, 1.82) is 0 Å². The van der Waals surface area contributed by atoms with Gasteiger partial charge in [-0.05, 0) is 35.0 Å². The number of nitrogens with one attached hydrogen (secondary N) is 1. The highest BCUT2D eigenvalue weighted by molar-refractivity contribution is 9.11. The van der Waals surface area contributed by atoms with Gasteiger partial charge in [0.25, 0.3) is 0 Å². The predicted octanol–water partition coefficient (Wildman–Crippen LogP) is 2.40. The molecule has 3 nitrogen and oxygen atoms in total. The SMILES string of the molecule is CC1CNCC(COCc2ccc(Br)s2)O1. The first-order chi connectivity index (χ1) is 7.74. The van der Waals surface area contributed by atoms with Crippen molar-refractivity contribution in [2.24, 2.45) is 0 Å². The van der Waals surface area contributed by atoms with Gasteiger partial charge in [0.05, 0.1) is 29.2 Å². The third-order valence-corrected chi connectivity index (χ3v) is 4.00. The van der Waals surface area contributed by atoms with Gasteiger partial charge in [-0.2, -0.15) is 0 Å². The molecule has 0 aromatic carbocycles. The summed E-state index contributed by atoms with van der Waals surface area (Å²) in [7, 11) is 0. The Bertz CT molecular complexity index is 332. The second kappa shape index (κ2) is 6.12. The fourth-order valence-corrected chi connectivity index (χ4v) is 3.11. The van der Waals surface area contributed by atoms with E-state index in [0.29, 0.717) is 19.3 Å². The van der Waals surface area contributed by atoms with Crippen LogP contribution in [0.25, 0.3) is 0 Å². The van der Waals surface area contributed by atoms with Gasteiger partial charge in [0.2, 0.25) is 0 Å². The Morgan fingerprint density at radius 2 is 2.44 bits per heavy atom. The van der Waals surface area contributed by atoms with Crippen LogP contribution in [0.1, 0.15) is 11.8 Å². The molecular formula is C11H16BrNO2S. The zero-order valence-electron chi connectivity index (χ0n) is 9.24. The van der Waals surface area contributed by atoms with Gasteiger partial charge < -0.3 is 14.8 Å². The van der Waals surface area contributed by atoms with Crippen LogP contribution in [0, 0.1) is 0 Å². The van der Waals surface area contributed by atoms with E-state index in [4.69, 9.17) is 9.47 Å². The molecule has 16 heavy (non-hydrogen) atoms. The normalized spacial score (nSPS) is 25.9. The second-order valence-electron chi connectivity index (χ2n) is 3.95. The number of ether oxygens (including phenoxy) is 2. The first-order valence-corrected chi connectivity index (χ1v) is 7.03. The molecule has 0 saturated carbocycles. The van der Waals surface area contributed by atoms with E-state index in [2.05, 4.69) is 34.2 Å². The maximum absolute atomic E-state index is 5.74. The van der Waals surface area contributed by atoms with Gasteiger partial charge in [-0.1, -0.05) is 0 Å². The quantitative estimate of drug-likeness (QED) is 0.926. The molecular weight excluding hydrogens is 290 g/mol. The summed E-state index contributed by atoms with van der Waals surface area (Å²) in [6.07, 6.45) is 0.477. The lowest BCUT2D eigenvalue weighted by atomic mass is 10.2. The van der Waals surface area contributed by atoms with E-state index in [1.807, 2.05) is 6.07 Å². The Labute approximate surface area is 108 Å². The molecule has 0 bridgehead atoms. The van der Waals surface area contributed by atoms with E-state index in [1.54, 1.807) is 11.3 Å². The predicted molar refractivity (Wildman–Crippen MR) is 68.9 cm³/mol. The maximum atomic E-state index is 5.74. The summed E-state index contributed by atoms with van der Waals surface area (Å²) in [6, 6.07) is 4.13. The van der Waals surface area contributed by atoms with Crippen LogP contribution in [-0.4, -0.2) is 31.9 Å². The summed E-state index contributed by atoms with van der Waals surface area (Å²) >= 11 is 5.15. The van der Waals surface area contributed by atoms with Crippen LogP contribution in [0.2, 0.25) is 0 Å². The molecule has 90 valence electrons. The van der Waals surface area contributed by atoms with Crippen LogP contribution in [0.5, 0.6) is 0 Å².